The Morgan fingerprint density at radius 2 is 2.00 bits per heavy atom. The highest BCUT2D eigenvalue weighted by Gasteiger charge is 2.25. The quantitative estimate of drug-likeness (QED) is 0.837. The molecule has 0 unspecified atom stereocenters. The Morgan fingerprint density at radius 1 is 1.21 bits per heavy atom. The number of phenolic OH excluding ortho intramolecular Hbond substituents is 1. The number of thiazole rings is 1. The summed E-state index contributed by atoms with van der Waals surface area (Å²) in [7, 11) is 0. The topological polar surface area (TPSA) is 56.6 Å². The van der Waals surface area contributed by atoms with Gasteiger partial charge in [-0.05, 0) is 49.8 Å². The van der Waals surface area contributed by atoms with E-state index in [4.69, 9.17) is 4.98 Å². The number of aromatic nitrogens is 1. The van der Waals surface area contributed by atoms with E-state index in [9.17, 15) is 10.2 Å². The number of phenols is 1. The van der Waals surface area contributed by atoms with Crippen LogP contribution in [0.2, 0.25) is 0 Å². The van der Waals surface area contributed by atoms with Crippen LogP contribution in [0.3, 0.4) is 0 Å². The molecule has 0 aliphatic heterocycles. The monoisotopic (exact) mass is 346 g/mol. The molecule has 2 N–H and O–H groups in total. The highest BCUT2D eigenvalue weighted by molar-refractivity contribution is 7.09. The average Bonchev–Trinajstić information content (AvgIpc) is 3.03. The number of aromatic hydroxyl groups is 1. The Hall–Kier alpha value is -1.43. The molecule has 1 aliphatic rings. The fourth-order valence-corrected chi connectivity index (χ4v) is 4.15. The molecule has 0 saturated heterocycles. The predicted octanol–water partition coefficient (Wildman–Crippen LogP) is 3.72. The zero-order chi connectivity index (χ0) is 16.9. The first-order valence-electron chi connectivity index (χ1n) is 8.77. The molecule has 1 aromatic carbocycles. The molecule has 1 fully saturated rings. The van der Waals surface area contributed by atoms with Gasteiger partial charge in [-0.2, -0.15) is 0 Å². The van der Waals surface area contributed by atoms with Gasteiger partial charge in [0.05, 0.1) is 16.8 Å². The lowest BCUT2D eigenvalue weighted by molar-refractivity contribution is 0.0660. The molecule has 0 bridgehead atoms. The SMILES string of the molecule is CCc1nc(CN(Cc2cccc(O)c2)C2CCC(O)CC2)cs1. The number of aliphatic hydroxyl groups is 1. The number of rotatable bonds is 6. The molecule has 3 rings (SSSR count). The van der Waals surface area contributed by atoms with Crippen molar-refractivity contribution >= 4 is 11.3 Å². The van der Waals surface area contributed by atoms with Crippen molar-refractivity contribution in [1.29, 1.82) is 0 Å². The summed E-state index contributed by atoms with van der Waals surface area (Å²) in [5.74, 6) is 0.313. The van der Waals surface area contributed by atoms with Crippen LogP contribution in [-0.2, 0) is 19.5 Å². The van der Waals surface area contributed by atoms with Gasteiger partial charge in [0.2, 0.25) is 0 Å². The third-order valence-electron chi connectivity index (χ3n) is 4.75. The van der Waals surface area contributed by atoms with Gasteiger partial charge >= 0.3 is 0 Å². The number of aliphatic hydroxyl groups excluding tert-OH is 1. The van der Waals surface area contributed by atoms with Crippen molar-refractivity contribution in [2.75, 3.05) is 0 Å². The van der Waals surface area contributed by atoms with E-state index >= 15 is 0 Å². The molecule has 0 spiro atoms. The van der Waals surface area contributed by atoms with Gasteiger partial charge in [-0.15, -0.1) is 11.3 Å². The van der Waals surface area contributed by atoms with Gasteiger partial charge in [-0.3, -0.25) is 4.90 Å². The largest absolute Gasteiger partial charge is 0.508 e. The normalized spacial score (nSPS) is 21.3. The third kappa shape index (κ3) is 4.56. The molecule has 0 radical (unpaired) electrons. The summed E-state index contributed by atoms with van der Waals surface area (Å²) in [6, 6.07) is 7.96. The zero-order valence-corrected chi connectivity index (χ0v) is 15.0. The van der Waals surface area contributed by atoms with E-state index in [1.54, 1.807) is 17.4 Å². The van der Waals surface area contributed by atoms with Crippen LogP contribution in [0, 0.1) is 0 Å². The molecular formula is C19H26N2O2S. The van der Waals surface area contributed by atoms with Crippen LogP contribution in [0.5, 0.6) is 5.75 Å². The summed E-state index contributed by atoms with van der Waals surface area (Å²) < 4.78 is 0. The molecular weight excluding hydrogens is 320 g/mol. The Bertz CT molecular complexity index is 650. The van der Waals surface area contributed by atoms with Crippen LogP contribution in [-0.4, -0.2) is 32.2 Å². The van der Waals surface area contributed by atoms with Crippen LogP contribution in [0.15, 0.2) is 29.6 Å². The lowest BCUT2D eigenvalue weighted by Gasteiger charge is -2.35. The Balaban J connectivity index is 1.74. The van der Waals surface area contributed by atoms with Crippen LogP contribution in [0.1, 0.15) is 48.9 Å². The van der Waals surface area contributed by atoms with Gasteiger partial charge in [0, 0.05) is 24.5 Å². The molecule has 130 valence electrons. The van der Waals surface area contributed by atoms with E-state index < -0.39 is 0 Å². The molecule has 24 heavy (non-hydrogen) atoms. The molecule has 5 heteroatoms. The molecule has 1 saturated carbocycles. The maximum atomic E-state index is 9.80. The summed E-state index contributed by atoms with van der Waals surface area (Å²) in [6.07, 6.45) is 4.62. The maximum absolute atomic E-state index is 9.80. The minimum absolute atomic E-state index is 0.144. The van der Waals surface area contributed by atoms with Gasteiger partial charge < -0.3 is 10.2 Å². The Labute approximate surface area is 147 Å². The summed E-state index contributed by atoms with van der Waals surface area (Å²) in [5, 5.41) is 22.9. The van der Waals surface area contributed by atoms with E-state index in [0.717, 1.165) is 56.5 Å². The van der Waals surface area contributed by atoms with Crippen molar-refractivity contribution in [2.45, 2.75) is 64.3 Å². The lowest BCUT2D eigenvalue weighted by atomic mass is 9.91. The van der Waals surface area contributed by atoms with Crippen molar-refractivity contribution in [3.63, 3.8) is 0 Å². The van der Waals surface area contributed by atoms with Crippen molar-refractivity contribution in [3.05, 3.63) is 45.9 Å². The Kier molecular flexibility index (Phi) is 5.87. The number of hydrogen-bond acceptors (Lipinski definition) is 5. The van der Waals surface area contributed by atoms with Crippen LogP contribution in [0.4, 0.5) is 0 Å². The molecule has 2 aromatic rings. The van der Waals surface area contributed by atoms with Crippen molar-refractivity contribution in [1.82, 2.24) is 9.88 Å². The molecule has 4 nitrogen and oxygen atoms in total. The average molecular weight is 346 g/mol. The fraction of sp³-hybridized carbons (Fsp3) is 0.526. The van der Waals surface area contributed by atoms with Gasteiger partial charge in [0.15, 0.2) is 0 Å². The highest BCUT2D eigenvalue weighted by Crippen LogP contribution is 2.27. The van der Waals surface area contributed by atoms with Crippen molar-refractivity contribution < 1.29 is 10.2 Å². The summed E-state index contributed by atoms with van der Waals surface area (Å²) >= 11 is 1.73. The molecule has 0 atom stereocenters. The smallest absolute Gasteiger partial charge is 0.115 e. The van der Waals surface area contributed by atoms with E-state index in [1.165, 1.54) is 5.01 Å². The minimum atomic E-state index is -0.144. The van der Waals surface area contributed by atoms with E-state index in [1.807, 2.05) is 12.1 Å². The van der Waals surface area contributed by atoms with E-state index in [-0.39, 0.29) is 6.10 Å². The van der Waals surface area contributed by atoms with Crippen LogP contribution < -0.4 is 0 Å². The maximum Gasteiger partial charge on any atom is 0.115 e. The number of hydrogen-bond donors (Lipinski definition) is 2. The fourth-order valence-electron chi connectivity index (χ4n) is 3.42. The standard InChI is InChI=1S/C19H26N2O2S/c1-2-19-20-15(13-24-19)12-21(16-6-8-17(22)9-7-16)11-14-4-3-5-18(23)10-14/h3-5,10,13,16-17,22-23H,2,6-9,11-12H2,1H3. The van der Waals surface area contributed by atoms with E-state index in [2.05, 4.69) is 23.3 Å². The molecule has 1 aliphatic carbocycles. The summed E-state index contributed by atoms with van der Waals surface area (Å²) in [4.78, 5) is 7.17. The summed E-state index contributed by atoms with van der Waals surface area (Å²) in [5.41, 5.74) is 2.25. The second kappa shape index (κ2) is 8.10. The number of aryl methyl sites for hydroxylation is 1. The van der Waals surface area contributed by atoms with Gasteiger partial charge in [-0.25, -0.2) is 4.98 Å². The van der Waals surface area contributed by atoms with Gasteiger partial charge in [0.1, 0.15) is 5.75 Å². The first-order chi connectivity index (χ1) is 11.6. The number of nitrogens with zero attached hydrogens (tertiary/aromatic N) is 2. The van der Waals surface area contributed by atoms with Crippen molar-refractivity contribution in [2.24, 2.45) is 0 Å². The van der Waals surface area contributed by atoms with Crippen LogP contribution in [0.25, 0.3) is 0 Å². The zero-order valence-electron chi connectivity index (χ0n) is 14.2. The first-order valence-corrected chi connectivity index (χ1v) is 9.65. The van der Waals surface area contributed by atoms with Gasteiger partial charge in [0.25, 0.3) is 0 Å². The molecule has 0 amide bonds. The first kappa shape index (κ1) is 17.4. The third-order valence-corrected chi connectivity index (χ3v) is 5.79. The van der Waals surface area contributed by atoms with Crippen molar-refractivity contribution in [3.8, 4) is 5.75 Å². The van der Waals surface area contributed by atoms with Gasteiger partial charge in [-0.1, -0.05) is 19.1 Å². The predicted molar refractivity (Wildman–Crippen MR) is 97.1 cm³/mol. The minimum Gasteiger partial charge on any atom is -0.508 e. The number of benzene rings is 1. The second-order valence-corrected chi connectivity index (χ2v) is 7.57. The van der Waals surface area contributed by atoms with Crippen LogP contribution >= 0.6 is 11.3 Å². The molecule has 1 aromatic heterocycles. The summed E-state index contributed by atoms with van der Waals surface area (Å²) in [6.45, 7) is 3.76. The lowest BCUT2D eigenvalue weighted by Crippen LogP contribution is -2.38. The molecule has 1 heterocycles. The second-order valence-electron chi connectivity index (χ2n) is 6.62. The highest BCUT2D eigenvalue weighted by atomic mass is 32.1. The van der Waals surface area contributed by atoms with E-state index in [0.29, 0.717) is 11.8 Å². The Morgan fingerprint density at radius 3 is 2.67 bits per heavy atom.